The molecule has 4 nitrogen and oxygen atoms in total. The Hall–Kier alpha value is -2.07. The zero-order valence-corrected chi connectivity index (χ0v) is 11.8. The third kappa shape index (κ3) is 3.16. The van der Waals surface area contributed by atoms with Crippen molar-refractivity contribution in [3.8, 4) is 0 Å². The van der Waals surface area contributed by atoms with Gasteiger partial charge in [0.25, 0.3) is 5.91 Å². The van der Waals surface area contributed by atoms with Gasteiger partial charge in [-0.1, -0.05) is 6.07 Å². The smallest absolute Gasteiger partial charge is 0.251 e. The molecule has 0 fully saturated rings. The molecule has 1 aliphatic rings. The molecule has 4 heteroatoms. The Morgan fingerprint density at radius 2 is 2.05 bits per heavy atom. The molecule has 0 spiro atoms. The molecule has 0 bridgehead atoms. The van der Waals surface area contributed by atoms with Crippen molar-refractivity contribution in [1.82, 2.24) is 5.32 Å². The first-order valence-electron chi connectivity index (χ1n) is 7.35. The lowest BCUT2D eigenvalue weighted by atomic mass is 9.90. The van der Waals surface area contributed by atoms with Gasteiger partial charge in [-0.25, -0.2) is 0 Å². The summed E-state index contributed by atoms with van der Waals surface area (Å²) in [6, 6.07) is 9.29. The standard InChI is InChI=1S/C17H19NO3/c19-15(16-6-3-9-21-16)11-18-17(20)14-8-7-12-4-1-2-5-13(12)10-14/h3,6-10,15,19H,1-2,4-5,11H2,(H,18,20). The predicted molar refractivity (Wildman–Crippen MR) is 79.1 cm³/mol. The highest BCUT2D eigenvalue weighted by molar-refractivity contribution is 5.94. The number of aryl methyl sites for hydroxylation is 2. The van der Waals surface area contributed by atoms with Crippen molar-refractivity contribution >= 4 is 5.91 Å². The normalized spacial score (nSPS) is 15.3. The van der Waals surface area contributed by atoms with Crippen LogP contribution < -0.4 is 5.32 Å². The summed E-state index contributed by atoms with van der Waals surface area (Å²) in [6.07, 6.45) is 5.26. The molecule has 1 aromatic heterocycles. The Morgan fingerprint density at radius 1 is 1.24 bits per heavy atom. The summed E-state index contributed by atoms with van der Waals surface area (Å²) < 4.78 is 5.11. The van der Waals surface area contributed by atoms with Crippen LogP contribution in [0.1, 0.15) is 46.2 Å². The van der Waals surface area contributed by atoms with Crippen LogP contribution in [0.15, 0.2) is 41.0 Å². The Bertz CT molecular complexity index is 619. The number of amides is 1. The van der Waals surface area contributed by atoms with Crippen LogP contribution >= 0.6 is 0 Å². The monoisotopic (exact) mass is 285 g/mol. The van der Waals surface area contributed by atoms with Crippen LogP contribution in [0.4, 0.5) is 0 Å². The van der Waals surface area contributed by atoms with Crippen molar-refractivity contribution in [2.75, 3.05) is 6.54 Å². The van der Waals surface area contributed by atoms with E-state index in [2.05, 4.69) is 5.32 Å². The number of nitrogens with one attached hydrogen (secondary N) is 1. The second kappa shape index (κ2) is 6.14. The summed E-state index contributed by atoms with van der Waals surface area (Å²) in [4.78, 5) is 12.2. The molecule has 1 atom stereocenters. The van der Waals surface area contributed by atoms with Gasteiger partial charge >= 0.3 is 0 Å². The van der Waals surface area contributed by atoms with Gasteiger partial charge < -0.3 is 14.8 Å². The number of carbonyl (C=O) groups is 1. The van der Waals surface area contributed by atoms with E-state index >= 15 is 0 Å². The molecule has 1 heterocycles. The Balaban J connectivity index is 1.63. The maximum atomic E-state index is 12.2. The first kappa shape index (κ1) is 13.9. The maximum absolute atomic E-state index is 12.2. The fraction of sp³-hybridized carbons (Fsp3) is 0.353. The molecule has 21 heavy (non-hydrogen) atoms. The lowest BCUT2D eigenvalue weighted by molar-refractivity contribution is 0.0901. The zero-order chi connectivity index (χ0) is 14.7. The minimum Gasteiger partial charge on any atom is -0.467 e. The van der Waals surface area contributed by atoms with Gasteiger partial charge in [0.1, 0.15) is 11.9 Å². The number of hydrogen-bond donors (Lipinski definition) is 2. The first-order chi connectivity index (χ1) is 10.2. The first-order valence-corrected chi connectivity index (χ1v) is 7.35. The fourth-order valence-corrected chi connectivity index (χ4v) is 2.75. The number of hydrogen-bond acceptors (Lipinski definition) is 3. The van der Waals surface area contributed by atoms with Gasteiger partial charge in [0, 0.05) is 5.56 Å². The molecule has 110 valence electrons. The molecule has 1 unspecified atom stereocenters. The van der Waals surface area contributed by atoms with E-state index in [1.165, 1.54) is 30.2 Å². The van der Waals surface area contributed by atoms with Gasteiger partial charge in [0.15, 0.2) is 0 Å². The highest BCUT2D eigenvalue weighted by Gasteiger charge is 2.15. The zero-order valence-electron chi connectivity index (χ0n) is 11.8. The predicted octanol–water partition coefficient (Wildman–Crippen LogP) is 2.62. The van der Waals surface area contributed by atoms with Crippen LogP contribution in [0.25, 0.3) is 0 Å². The van der Waals surface area contributed by atoms with Crippen LogP contribution in [-0.4, -0.2) is 17.6 Å². The molecule has 1 amide bonds. The quantitative estimate of drug-likeness (QED) is 0.907. The van der Waals surface area contributed by atoms with E-state index in [0.29, 0.717) is 11.3 Å². The molecule has 0 radical (unpaired) electrons. The number of furan rings is 1. The summed E-state index contributed by atoms with van der Waals surface area (Å²) in [5, 5.41) is 12.6. The number of carbonyl (C=O) groups excluding carboxylic acids is 1. The van der Waals surface area contributed by atoms with Gasteiger partial charge in [-0.15, -0.1) is 0 Å². The molecule has 0 saturated heterocycles. The largest absolute Gasteiger partial charge is 0.467 e. The second-order valence-corrected chi connectivity index (χ2v) is 5.43. The van der Waals surface area contributed by atoms with Crippen LogP contribution in [0.2, 0.25) is 0 Å². The highest BCUT2D eigenvalue weighted by Crippen LogP contribution is 2.22. The molecule has 2 N–H and O–H groups in total. The minimum atomic E-state index is -0.818. The summed E-state index contributed by atoms with van der Waals surface area (Å²) in [5.74, 6) is 0.301. The third-order valence-electron chi connectivity index (χ3n) is 3.94. The van der Waals surface area contributed by atoms with Crippen LogP contribution in [-0.2, 0) is 12.8 Å². The van der Waals surface area contributed by atoms with E-state index in [-0.39, 0.29) is 12.5 Å². The molecule has 0 aliphatic heterocycles. The van der Waals surface area contributed by atoms with Crippen LogP contribution in [0.5, 0.6) is 0 Å². The Kier molecular flexibility index (Phi) is 4.06. The van der Waals surface area contributed by atoms with Crippen molar-refractivity contribution < 1.29 is 14.3 Å². The number of rotatable bonds is 4. The average molecular weight is 285 g/mol. The van der Waals surface area contributed by atoms with Gasteiger partial charge in [-0.3, -0.25) is 4.79 Å². The SMILES string of the molecule is O=C(NCC(O)c1ccco1)c1ccc2c(c1)CCCC2. The molecular formula is C17H19NO3. The molecular weight excluding hydrogens is 266 g/mol. The Morgan fingerprint density at radius 3 is 2.81 bits per heavy atom. The summed E-state index contributed by atoms with van der Waals surface area (Å²) in [5.41, 5.74) is 3.29. The molecule has 3 rings (SSSR count). The second-order valence-electron chi connectivity index (χ2n) is 5.43. The summed E-state index contributed by atoms with van der Waals surface area (Å²) >= 11 is 0. The van der Waals surface area contributed by atoms with Crippen LogP contribution in [0.3, 0.4) is 0 Å². The van der Waals surface area contributed by atoms with E-state index < -0.39 is 6.10 Å². The molecule has 1 aliphatic carbocycles. The number of aliphatic hydroxyl groups is 1. The van der Waals surface area contributed by atoms with Gasteiger partial charge in [-0.05, 0) is 61.1 Å². The highest BCUT2D eigenvalue weighted by atomic mass is 16.4. The van der Waals surface area contributed by atoms with E-state index in [1.54, 1.807) is 12.1 Å². The third-order valence-corrected chi connectivity index (χ3v) is 3.94. The van der Waals surface area contributed by atoms with Crippen molar-refractivity contribution in [3.63, 3.8) is 0 Å². The van der Waals surface area contributed by atoms with Crippen molar-refractivity contribution in [2.45, 2.75) is 31.8 Å². The van der Waals surface area contributed by atoms with Crippen LogP contribution in [0, 0.1) is 0 Å². The van der Waals surface area contributed by atoms with E-state index in [4.69, 9.17) is 4.42 Å². The fourth-order valence-electron chi connectivity index (χ4n) is 2.75. The lowest BCUT2D eigenvalue weighted by Gasteiger charge is -2.16. The van der Waals surface area contributed by atoms with E-state index in [0.717, 1.165) is 12.8 Å². The number of benzene rings is 1. The van der Waals surface area contributed by atoms with Gasteiger partial charge in [-0.2, -0.15) is 0 Å². The van der Waals surface area contributed by atoms with Gasteiger partial charge in [0.05, 0.1) is 12.8 Å². The van der Waals surface area contributed by atoms with Crippen molar-refractivity contribution in [1.29, 1.82) is 0 Å². The molecule has 2 aromatic rings. The van der Waals surface area contributed by atoms with E-state index in [1.807, 2.05) is 18.2 Å². The topological polar surface area (TPSA) is 62.5 Å². The number of fused-ring (bicyclic) bond motifs is 1. The minimum absolute atomic E-state index is 0.142. The lowest BCUT2D eigenvalue weighted by Crippen LogP contribution is -2.28. The maximum Gasteiger partial charge on any atom is 0.251 e. The Labute approximate surface area is 123 Å². The average Bonchev–Trinajstić information content (AvgIpc) is 3.06. The summed E-state index contributed by atoms with van der Waals surface area (Å²) in [7, 11) is 0. The van der Waals surface area contributed by atoms with Crippen molar-refractivity contribution in [2.24, 2.45) is 0 Å². The summed E-state index contributed by atoms with van der Waals surface area (Å²) in [6.45, 7) is 0.142. The van der Waals surface area contributed by atoms with E-state index in [9.17, 15) is 9.90 Å². The number of aliphatic hydroxyl groups excluding tert-OH is 1. The van der Waals surface area contributed by atoms with Gasteiger partial charge in [0.2, 0.25) is 0 Å². The molecule has 0 saturated carbocycles. The molecule has 1 aromatic carbocycles. The van der Waals surface area contributed by atoms with Crippen molar-refractivity contribution in [3.05, 3.63) is 59.0 Å².